The fraction of sp³-hybridized carbons (Fsp3) is 0.111. The summed E-state index contributed by atoms with van der Waals surface area (Å²) in [5.74, 6) is 0. The van der Waals surface area contributed by atoms with E-state index in [9.17, 15) is 0 Å². The van der Waals surface area contributed by atoms with Gasteiger partial charge in [-0.15, -0.1) is 11.3 Å². The molecule has 4 rings (SSSR count). The van der Waals surface area contributed by atoms with E-state index in [2.05, 4.69) is 59.8 Å². The van der Waals surface area contributed by atoms with Crippen LogP contribution in [0.5, 0.6) is 0 Å². The molecule has 0 saturated carbocycles. The largest absolute Gasteiger partial charge is 0.235 e. The quantitative estimate of drug-likeness (QED) is 0.563. The summed E-state index contributed by atoms with van der Waals surface area (Å²) in [4.78, 5) is 5.63. The smallest absolute Gasteiger partial charge is 0.154 e. The van der Waals surface area contributed by atoms with Crippen molar-refractivity contribution in [3.63, 3.8) is 0 Å². The summed E-state index contributed by atoms with van der Waals surface area (Å²) < 4.78 is 1.94. The number of thiophene rings is 1. The molecule has 0 aliphatic heterocycles. The van der Waals surface area contributed by atoms with E-state index in [1.165, 1.54) is 16.0 Å². The molecule has 0 N–H and O–H groups in total. The Labute approximate surface area is 132 Å². The Kier molecular flexibility index (Phi) is 3.24. The van der Waals surface area contributed by atoms with Gasteiger partial charge < -0.3 is 0 Å². The molecule has 108 valence electrons. The fourth-order valence-electron chi connectivity index (χ4n) is 2.63. The summed E-state index contributed by atoms with van der Waals surface area (Å²) in [5, 5.41) is 6.85. The molecule has 22 heavy (non-hydrogen) atoms. The third-order valence-electron chi connectivity index (χ3n) is 3.66. The molecular weight excluding hydrogens is 290 g/mol. The number of aromatic nitrogens is 3. The molecule has 0 amide bonds. The lowest BCUT2D eigenvalue weighted by molar-refractivity contribution is 0.880. The van der Waals surface area contributed by atoms with Gasteiger partial charge in [-0.2, -0.15) is 5.10 Å². The van der Waals surface area contributed by atoms with Crippen molar-refractivity contribution < 1.29 is 0 Å². The summed E-state index contributed by atoms with van der Waals surface area (Å²) in [6, 6.07) is 16.8. The zero-order valence-electron chi connectivity index (χ0n) is 12.2. The van der Waals surface area contributed by atoms with Gasteiger partial charge in [0.25, 0.3) is 0 Å². The molecule has 0 unspecified atom stereocenters. The number of rotatable bonds is 3. The van der Waals surface area contributed by atoms with E-state index in [4.69, 9.17) is 5.10 Å². The second-order valence-electron chi connectivity index (χ2n) is 5.38. The van der Waals surface area contributed by atoms with Gasteiger partial charge >= 0.3 is 0 Å². The first-order valence-corrected chi connectivity index (χ1v) is 8.11. The van der Waals surface area contributed by atoms with Gasteiger partial charge in [-0.25, -0.2) is 9.50 Å². The lowest BCUT2D eigenvalue weighted by Crippen LogP contribution is -2.00. The maximum absolute atomic E-state index is 4.78. The third-order valence-corrected chi connectivity index (χ3v) is 4.55. The van der Waals surface area contributed by atoms with Crippen LogP contribution in [0.1, 0.15) is 16.8 Å². The van der Waals surface area contributed by atoms with Crippen molar-refractivity contribution in [1.29, 1.82) is 0 Å². The second kappa shape index (κ2) is 5.39. The summed E-state index contributed by atoms with van der Waals surface area (Å²) in [5.41, 5.74) is 5.55. The normalized spacial score (nSPS) is 11.1. The molecule has 0 fully saturated rings. The van der Waals surface area contributed by atoms with Gasteiger partial charge in [-0.1, -0.05) is 35.9 Å². The number of hydrogen-bond acceptors (Lipinski definition) is 3. The molecule has 3 aromatic heterocycles. The molecule has 3 nitrogen and oxygen atoms in total. The average Bonchev–Trinajstić information content (AvgIpc) is 3.15. The van der Waals surface area contributed by atoms with E-state index >= 15 is 0 Å². The summed E-state index contributed by atoms with van der Waals surface area (Å²) >= 11 is 1.71. The van der Waals surface area contributed by atoms with Crippen molar-refractivity contribution in [3.8, 4) is 10.6 Å². The Bertz CT molecular complexity index is 923. The first kappa shape index (κ1) is 13.2. The highest BCUT2D eigenvalue weighted by Gasteiger charge is 2.09. The zero-order chi connectivity index (χ0) is 14.9. The Hall–Kier alpha value is -2.46. The van der Waals surface area contributed by atoms with Crippen LogP contribution in [-0.4, -0.2) is 14.6 Å². The lowest BCUT2D eigenvalue weighted by Gasteiger charge is -2.04. The van der Waals surface area contributed by atoms with E-state index < -0.39 is 0 Å². The minimum Gasteiger partial charge on any atom is -0.235 e. The van der Waals surface area contributed by atoms with Crippen LogP contribution in [0.15, 0.2) is 60.1 Å². The highest BCUT2D eigenvalue weighted by atomic mass is 32.1. The first-order valence-electron chi connectivity index (χ1n) is 7.23. The van der Waals surface area contributed by atoms with Gasteiger partial charge in [0.1, 0.15) is 5.69 Å². The van der Waals surface area contributed by atoms with Crippen LogP contribution in [0, 0.1) is 6.92 Å². The minimum absolute atomic E-state index is 0.833. The second-order valence-corrected chi connectivity index (χ2v) is 6.33. The first-order chi connectivity index (χ1) is 10.8. The average molecular weight is 305 g/mol. The number of hydrogen-bond donors (Lipinski definition) is 0. The van der Waals surface area contributed by atoms with Gasteiger partial charge in [-0.05, 0) is 36.1 Å². The highest BCUT2D eigenvalue weighted by molar-refractivity contribution is 7.13. The number of aryl methyl sites for hydroxylation is 1. The molecule has 4 aromatic rings. The molecular formula is C18H15N3S. The van der Waals surface area contributed by atoms with E-state index in [0.717, 1.165) is 23.5 Å². The van der Waals surface area contributed by atoms with Crippen molar-refractivity contribution in [2.24, 2.45) is 0 Å². The number of nitrogens with zero attached hydrogens (tertiary/aromatic N) is 3. The fourth-order valence-corrected chi connectivity index (χ4v) is 3.35. The van der Waals surface area contributed by atoms with Gasteiger partial charge in [0.15, 0.2) is 5.65 Å². The van der Waals surface area contributed by atoms with Crippen molar-refractivity contribution >= 4 is 17.0 Å². The summed E-state index contributed by atoms with van der Waals surface area (Å²) in [6.45, 7) is 2.12. The van der Waals surface area contributed by atoms with Crippen molar-refractivity contribution in [1.82, 2.24) is 14.6 Å². The van der Waals surface area contributed by atoms with Gasteiger partial charge in [-0.3, -0.25) is 0 Å². The number of benzene rings is 1. The summed E-state index contributed by atoms with van der Waals surface area (Å²) in [7, 11) is 0. The molecule has 0 aliphatic rings. The molecule has 1 aromatic carbocycles. The Morgan fingerprint density at radius 1 is 1.09 bits per heavy atom. The topological polar surface area (TPSA) is 30.2 Å². The minimum atomic E-state index is 0.833. The Balaban J connectivity index is 1.75. The van der Waals surface area contributed by atoms with Crippen LogP contribution in [0.2, 0.25) is 0 Å². The van der Waals surface area contributed by atoms with Crippen LogP contribution in [0.3, 0.4) is 0 Å². The predicted octanol–water partition coefficient (Wildman–Crippen LogP) is 4.36. The monoisotopic (exact) mass is 305 g/mol. The van der Waals surface area contributed by atoms with Crippen LogP contribution in [-0.2, 0) is 6.42 Å². The van der Waals surface area contributed by atoms with Crippen LogP contribution >= 0.6 is 11.3 Å². The molecule has 0 atom stereocenters. The van der Waals surface area contributed by atoms with Crippen LogP contribution in [0.25, 0.3) is 16.2 Å². The number of fused-ring (bicyclic) bond motifs is 1. The standard InChI is InChI=1S/C18H15N3S/c1-13-4-2-5-14(10-13)11-15-7-8-18-19-12-16(21(18)20-15)17-6-3-9-22-17/h2-10,12H,11H2,1H3. The van der Waals surface area contributed by atoms with Crippen LogP contribution < -0.4 is 0 Å². The Morgan fingerprint density at radius 3 is 2.86 bits per heavy atom. The maximum atomic E-state index is 4.78. The van der Waals surface area contributed by atoms with Gasteiger partial charge in [0, 0.05) is 6.42 Å². The van der Waals surface area contributed by atoms with Gasteiger partial charge in [0.2, 0.25) is 0 Å². The molecule has 0 aliphatic carbocycles. The summed E-state index contributed by atoms with van der Waals surface area (Å²) in [6.07, 6.45) is 2.73. The molecule has 4 heteroatoms. The maximum Gasteiger partial charge on any atom is 0.154 e. The van der Waals surface area contributed by atoms with Crippen LogP contribution in [0.4, 0.5) is 0 Å². The van der Waals surface area contributed by atoms with Crippen molar-refractivity contribution in [2.45, 2.75) is 13.3 Å². The molecule has 0 spiro atoms. The van der Waals surface area contributed by atoms with E-state index in [-0.39, 0.29) is 0 Å². The SMILES string of the molecule is Cc1cccc(Cc2ccc3ncc(-c4cccs4)n3n2)c1. The van der Waals surface area contributed by atoms with Crippen molar-refractivity contribution in [2.75, 3.05) is 0 Å². The van der Waals surface area contributed by atoms with E-state index in [1.807, 2.05) is 16.8 Å². The highest BCUT2D eigenvalue weighted by Crippen LogP contribution is 2.25. The van der Waals surface area contributed by atoms with Gasteiger partial charge in [0.05, 0.1) is 16.8 Å². The van der Waals surface area contributed by atoms with E-state index in [1.54, 1.807) is 11.3 Å². The Morgan fingerprint density at radius 2 is 2.05 bits per heavy atom. The molecule has 0 bridgehead atoms. The molecule has 0 saturated heterocycles. The zero-order valence-corrected chi connectivity index (χ0v) is 13.0. The predicted molar refractivity (Wildman–Crippen MR) is 90.3 cm³/mol. The number of imidazole rings is 1. The molecule has 0 radical (unpaired) electrons. The van der Waals surface area contributed by atoms with E-state index in [0.29, 0.717) is 0 Å². The van der Waals surface area contributed by atoms with Crippen molar-refractivity contribution in [3.05, 3.63) is 76.9 Å². The molecule has 3 heterocycles. The third kappa shape index (κ3) is 2.42. The lowest BCUT2D eigenvalue weighted by atomic mass is 10.1.